The molecule has 0 aliphatic carbocycles. The van der Waals surface area contributed by atoms with Gasteiger partial charge in [-0.3, -0.25) is 0 Å². The van der Waals surface area contributed by atoms with Crippen molar-refractivity contribution in [3.8, 4) is 11.5 Å². The number of hydrogen-bond acceptors (Lipinski definition) is 5. The molecule has 5 rings (SSSR count). The molecule has 0 spiro atoms. The summed E-state index contributed by atoms with van der Waals surface area (Å²) >= 11 is 5.95. The number of benzene rings is 2. The van der Waals surface area contributed by atoms with Crippen molar-refractivity contribution in [2.24, 2.45) is 0 Å². The maximum Gasteiger partial charge on any atom is 0.217 e. The molecular formula is C21H20ClN2O4S+. The molecule has 8 heteroatoms. The van der Waals surface area contributed by atoms with Crippen LogP contribution in [-0.2, 0) is 9.84 Å². The third kappa shape index (κ3) is 3.18. The van der Waals surface area contributed by atoms with Gasteiger partial charge in [0.15, 0.2) is 22.6 Å². The number of hydrogen-bond donors (Lipinski definition) is 0. The molecule has 1 saturated heterocycles. The highest BCUT2D eigenvalue weighted by molar-refractivity contribution is 7.91. The largest absolute Gasteiger partial charge is 0.486 e. The van der Waals surface area contributed by atoms with Crippen molar-refractivity contribution in [1.29, 1.82) is 0 Å². The average molecular weight is 432 g/mol. The molecule has 3 heterocycles. The van der Waals surface area contributed by atoms with Crippen molar-refractivity contribution >= 4 is 38.0 Å². The van der Waals surface area contributed by atoms with Crippen molar-refractivity contribution in [3.05, 3.63) is 47.6 Å². The SMILES string of the molecule is O=S(=O)(c1ccc(Cl)cc1)c1c[nH+]c2cc3c(cc2c1N1CCCC1)OCCO3. The number of H-pyrrole nitrogens is 1. The van der Waals surface area contributed by atoms with Gasteiger partial charge in [0.25, 0.3) is 0 Å². The normalized spacial score (nSPS) is 16.4. The Morgan fingerprint density at radius 3 is 2.31 bits per heavy atom. The van der Waals surface area contributed by atoms with Gasteiger partial charge in [-0.05, 0) is 37.1 Å². The molecule has 2 aliphatic heterocycles. The lowest BCUT2D eigenvalue weighted by molar-refractivity contribution is -0.347. The van der Waals surface area contributed by atoms with E-state index in [1.165, 1.54) is 0 Å². The number of nitrogens with one attached hydrogen (secondary N) is 1. The van der Waals surface area contributed by atoms with E-state index in [1.807, 2.05) is 12.1 Å². The maximum atomic E-state index is 13.5. The first-order valence-corrected chi connectivity index (χ1v) is 11.4. The number of fused-ring (bicyclic) bond motifs is 2. The van der Waals surface area contributed by atoms with Crippen molar-refractivity contribution in [2.45, 2.75) is 22.6 Å². The maximum absolute atomic E-state index is 13.5. The van der Waals surface area contributed by atoms with Crippen molar-refractivity contribution in [1.82, 2.24) is 0 Å². The molecule has 1 N–H and O–H groups in total. The second-order valence-corrected chi connectivity index (χ2v) is 9.55. The summed E-state index contributed by atoms with van der Waals surface area (Å²) in [5.41, 5.74) is 1.52. The fourth-order valence-electron chi connectivity index (χ4n) is 3.96. The molecule has 3 aromatic rings. The number of ether oxygens (including phenoxy) is 2. The Bertz CT molecular complexity index is 1190. The minimum Gasteiger partial charge on any atom is -0.486 e. The predicted octanol–water partition coefficient (Wildman–Crippen LogP) is 3.51. The van der Waals surface area contributed by atoms with Crippen LogP contribution in [0, 0.1) is 0 Å². The Labute approximate surface area is 173 Å². The number of nitrogens with zero attached hydrogens (tertiary/aromatic N) is 1. The molecule has 0 radical (unpaired) electrons. The van der Waals surface area contributed by atoms with Gasteiger partial charge in [0, 0.05) is 24.2 Å². The Morgan fingerprint density at radius 1 is 0.966 bits per heavy atom. The summed E-state index contributed by atoms with van der Waals surface area (Å²) < 4.78 is 38.5. The van der Waals surface area contributed by atoms with Gasteiger partial charge in [-0.1, -0.05) is 11.6 Å². The summed E-state index contributed by atoms with van der Waals surface area (Å²) in [6, 6.07) is 10.0. The highest BCUT2D eigenvalue weighted by Gasteiger charge is 2.31. The zero-order valence-corrected chi connectivity index (χ0v) is 17.2. The third-order valence-corrected chi connectivity index (χ3v) is 7.40. The topological polar surface area (TPSA) is 70.0 Å². The third-order valence-electron chi connectivity index (χ3n) is 5.37. The van der Waals surface area contributed by atoms with E-state index >= 15 is 0 Å². The molecule has 2 aliphatic rings. The average Bonchev–Trinajstić information content (AvgIpc) is 3.26. The first-order valence-electron chi connectivity index (χ1n) is 9.58. The van der Waals surface area contributed by atoms with Crippen LogP contribution in [0.25, 0.3) is 10.9 Å². The van der Waals surface area contributed by atoms with E-state index in [2.05, 4.69) is 9.88 Å². The van der Waals surface area contributed by atoms with Gasteiger partial charge in [-0.25, -0.2) is 13.4 Å². The second kappa shape index (κ2) is 7.07. The number of sulfone groups is 1. The minimum absolute atomic E-state index is 0.215. The molecule has 0 bridgehead atoms. The molecule has 2 aromatic carbocycles. The van der Waals surface area contributed by atoms with E-state index in [0.717, 1.165) is 36.8 Å². The Balaban J connectivity index is 1.76. The van der Waals surface area contributed by atoms with Crippen molar-refractivity contribution < 1.29 is 22.9 Å². The van der Waals surface area contributed by atoms with Gasteiger partial charge in [0.1, 0.15) is 13.2 Å². The molecule has 0 saturated carbocycles. The van der Waals surface area contributed by atoms with Crippen LogP contribution in [0.1, 0.15) is 12.8 Å². The first kappa shape index (κ1) is 18.5. The van der Waals surface area contributed by atoms with Crippen LogP contribution in [0.4, 0.5) is 5.69 Å². The van der Waals surface area contributed by atoms with E-state index in [-0.39, 0.29) is 9.79 Å². The Morgan fingerprint density at radius 2 is 1.62 bits per heavy atom. The van der Waals surface area contributed by atoms with Crippen LogP contribution in [-0.4, -0.2) is 34.7 Å². The number of anilines is 1. The summed E-state index contributed by atoms with van der Waals surface area (Å²) in [7, 11) is -3.74. The highest BCUT2D eigenvalue weighted by Crippen LogP contribution is 2.41. The molecule has 0 unspecified atom stereocenters. The summed E-state index contributed by atoms with van der Waals surface area (Å²) in [6.07, 6.45) is 3.65. The second-order valence-electron chi connectivity index (χ2n) is 7.19. The van der Waals surface area contributed by atoms with Crippen LogP contribution in [0.5, 0.6) is 11.5 Å². The summed E-state index contributed by atoms with van der Waals surface area (Å²) in [4.78, 5) is 5.77. The molecule has 1 aromatic heterocycles. The smallest absolute Gasteiger partial charge is 0.217 e. The zero-order valence-electron chi connectivity index (χ0n) is 15.7. The van der Waals surface area contributed by atoms with Crippen LogP contribution in [0.2, 0.25) is 5.02 Å². The molecule has 0 amide bonds. The minimum atomic E-state index is -3.74. The highest BCUT2D eigenvalue weighted by atomic mass is 35.5. The summed E-state index contributed by atoms with van der Waals surface area (Å²) in [5.74, 6) is 1.30. The van der Waals surface area contributed by atoms with Gasteiger partial charge in [-0.15, -0.1) is 0 Å². The molecule has 150 valence electrons. The fourth-order valence-corrected chi connectivity index (χ4v) is 5.54. The van der Waals surface area contributed by atoms with E-state index in [1.54, 1.807) is 30.5 Å². The van der Waals surface area contributed by atoms with Crippen LogP contribution in [0.15, 0.2) is 52.4 Å². The molecule has 6 nitrogen and oxygen atoms in total. The fraction of sp³-hybridized carbons (Fsp3) is 0.286. The van der Waals surface area contributed by atoms with Crippen molar-refractivity contribution in [3.63, 3.8) is 0 Å². The molecule has 29 heavy (non-hydrogen) atoms. The lowest BCUT2D eigenvalue weighted by atomic mass is 10.1. The number of rotatable bonds is 3. The van der Waals surface area contributed by atoms with Gasteiger partial charge >= 0.3 is 0 Å². The lowest BCUT2D eigenvalue weighted by Gasteiger charge is -2.23. The van der Waals surface area contributed by atoms with Crippen LogP contribution >= 0.6 is 11.6 Å². The number of aromatic nitrogens is 1. The van der Waals surface area contributed by atoms with Crippen molar-refractivity contribution in [2.75, 3.05) is 31.2 Å². The number of aromatic amines is 1. The van der Waals surface area contributed by atoms with E-state index in [4.69, 9.17) is 21.1 Å². The molecule has 1 fully saturated rings. The van der Waals surface area contributed by atoms with E-state index < -0.39 is 9.84 Å². The van der Waals surface area contributed by atoms with Gasteiger partial charge in [0.05, 0.1) is 22.0 Å². The standard InChI is InChI=1S/C21H19ClN2O4S/c22-14-3-5-15(6-4-14)29(25,26)20-13-23-17-12-19-18(27-9-10-28-19)11-16(17)21(20)24-7-1-2-8-24/h3-6,11-13H,1-2,7-10H2/p+1. The molecule has 0 atom stereocenters. The first-order chi connectivity index (χ1) is 14.0. The van der Waals surface area contributed by atoms with Gasteiger partial charge in [0.2, 0.25) is 15.4 Å². The Kier molecular flexibility index (Phi) is 4.52. The zero-order chi connectivity index (χ0) is 20.0. The van der Waals surface area contributed by atoms with Gasteiger partial charge < -0.3 is 14.4 Å². The number of halogens is 1. The predicted molar refractivity (Wildman–Crippen MR) is 110 cm³/mol. The summed E-state index contributed by atoms with van der Waals surface area (Å²) in [5, 5.41) is 1.31. The molecular weight excluding hydrogens is 412 g/mol. The van der Waals surface area contributed by atoms with Crippen LogP contribution < -0.4 is 19.4 Å². The van der Waals surface area contributed by atoms with Crippen LogP contribution in [0.3, 0.4) is 0 Å². The van der Waals surface area contributed by atoms with E-state index in [0.29, 0.717) is 35.4 Å². The monoisotopic (exact) mass is 431 g/mol. The summed E-state index contributed by atoms with van der Waals surface area (Å²) in [6.45, 7) is 2.61. The van der Waals surface area contributed by atoms with E-state index in [9.17, 15) is 8.42 Å². The lowest BCUT2D eigenvalue weighted by Crippen LogP contribution is -2.24. The Hall–Kier alpha value is -2.51. The quantitative estimate of drug-likeness (QED) is 0.634. The van der Waals surface area contributed by atoms with Gasteiger partial charge in [-0.2, -0.15) is 0 Å². The number of pyridine rings is 1.